The molecule has 2 aromatic heterocycles. The molecule has 132 valence electrons. The first-order chi connectivity index (χ1) is 13.2. The van der Waals surface area contributed by atoms with Gasteiger partial charge in [-0.2, -0.15) is 10.4 Å². The Kier molecular flexibility index (Phi) is 4.22. The molecule has 0 aliphatic carbocycles. The maximum Gasteiger partial charge on any atom is 0.166 e. The van der Waals surface area contributed by atoms with Gasteiger partial charge in [0.2, 0.25) is 0 Å². The highest BCUT2D eigenvalue weighted by Crippen LogP contribution is 2.32. The van der Waals surface area contributed by atoms with Crippen molar-refractivity contribution in [2.24, 2.45) is 0 Å². The molecule has 2 aromatic carbocycles. The van der Waals surface area contributed by atoms with Gasteiger partial charge in [0.1, 0.15) is 28.3 Å². The number of nitrogens with one attached hydrogen (secondary N) is 1. The molecule has 0 fully saturated rings. The van der Waals surface area contributed by atoms with Crippen LogP contribution in [0.15, 0.2) is 48.7 Å². The number of aromatic amines is 1. The van der Waals surface area contributed by atoms with Crippen molar-refractivity contribution in [3.8, 4) is 34.5 Å². The predicted molar refractivity (Wildman–Crippen MR) is 98.4 cm³/mol. The van der Waals surface area contributed by atoms with Crippen molar-refractivity contribution in [1.82, 2.24) is 20.2 Å². The smallest absolute Gasteiger partial charge is 0.166 e. The van der Waals surface area contributed by atoms with E-state index in [1.165, 1.54) is 13.2 Å². The molecule has 0 atom stereocenters. The Morgan fingerprint density at radius 3 is 2.74 bits per heavy atom. The van der Waals surface area contributed by atoms with E-state index >= 15 is 0 Å². The quantitative estimate of drug-likeness (QED) is 0.597. The number of halogens is 1. The van der Waals surface area contributed by atoms with Gasteiger partial charge >= 0.3 is 0 Å². The zero-order valence-electron chi connectivity index (χ0n) is 14.4. The summed E-state index contributed by atoms with van der Waals surface area (Å²) in [5.41, 5.74) is 3.83. The number of nitrogens with zero attached hydrogens (tertiary/aromatic N) is 4. The second-order valence-electron chi connectivity index (χ2n) is 5.88. The molecule has 0 saturated heterocycles. The highest BCUT2D eigenvalue weighted by Gasteiger charge is 2.17. The predicted octanol–water partition coefficient (Wildman–Crippen LogP) is 3.90. The van der Waals surface area contributed by atoms with Crippen LogP contribution in [0.4, 0.5) is 4.39 Å². The van der Waals surface area contributed by atoms with Crippen LogP contribution in [0.1, 0.15) is 5.56 Å². The first kappa shape index (κ1) is 16.7. The Morgan fingerprint density at radius 1 is 1.19 bits per heavy atom. The number of H-pyrrole nitrogens is 1. The molecular weight excluding hydrogens is 345 g/mol. The average molecular weight is 359 g/mol. The van der Waals surface area contributed by atoms with Gasteiger partial charge in [-0.1, -0.05) is 30.3 Å². The fourth-order valence-corrected chi connectivity index (χ4v) is 2.90. The van der Waals surface area contributed by atoms with Crippen LogP contribution in [0.3, 0.4) is 0 Å². The number of nitriles is 1. The monoisotopic (exact) mass is 359 g/mol. The number of aromatic nitrogens is 4. The molecule has 0 aliphatic rings. The van der Waals surface area contributed by atoms with Gasteiger partial charge in [-0.3, -0.25) is 5.10 Å². The van der Waals surface area contributed by atoms with Gasteiger partial charge in [0.15, 0.2) is 5.82 Å². The van der Waals surface area contributed by atoms with E-state index in [-0.39, 0.29) is 11.4 Å². The summed E-state index contributed by atoms with van der Waals surface area (Å²) >= 11 is 0. The Labute approximate surface area is 154 Å². The van der Waals surface area contributed by atoms with Gasteiger partial charge in [0.05, 0.1) is 31.4 Å². The van der Waals surface area contributed by atoms with Crippen LogP contribution in [-0.2, 0) is 6.42 Å². The van der Waals surface area contributed by atoms with Crippen LogP contribution in [0.2, 0.25) is 0 Å². The lowest BCUT2D eigenvalue weighted by atomic mass is 10.1. The molecule has 2 heterocycles. The summed E-state index contributed by atoms with van der Waals surface area (Å²) in [6.07, 6.45) is 1.92. The molecule has 0 unspecified atom stereocenters. The molecule has 1 N–H and O–H groups in total. The van der Waals surface area contributed by atoms with Gasteiger partial charge < -0.3 is 4.74 Å². The average Bonchev–Trinajstić information content (AvgIpc) is 3.12. The van der Waals surface area contributed by atoms with Crippen molar-refractivity contribution >= 4 is 11.0 Å². The van der Waals surface area contributed by atoms with E-state index in [1.54, 1.807) is 18.3 Å². The minimum absolute atomic E-state index is 0.207. The summed E-state index contributed by atoms with van der Waals surface area (Å²) in [6.45, 7) is 0. The van der Waals surface area contributed by atoms with Crippen LogP contribution in [0.25, 0.3) is 33.7 Å². The standard InChI is InChI=1S/C20H14FN5O/c1-27-16-4-2-3-14(21)17(16)20-23-11-15-19(24-20)18(26-25-15)13-7-5-12(6-8-13)9-10-22/h2-8,11H,9H2,1H3,(H,25,26). The van der Waals surface area contributed by atoms with E-state index in [0.717, 1.165) is 11.1 Å². The number of methoxy groups -OCH3 is 1. The zero-order valence-corrected chi connectivity index (χ0v) is 14.4. The van der Waals surface area contributed by atoms with Crippen molar-refractivity contribution in [1.29, 1.82) is 5.26 Å². The van der Waals surface area contributed by atoms with E-state index in [2.05, 4.69) is 26.2 Å². The van der Waals surface area contributed by atoms with E-state index in [1.807, 2.05) is 24.3 Å². The number of benzene rings is 2. The minimum Gasteiger partial charge on any atom is -0.496 e. The fourth-order valence-electron chi connectivity index (χ4n) is 2.90. The van der Waals surface area contributed by atoms with Crippen molar-refractivity contribution < 1.29 is 9.13 Å². The zero-order chi connectivity index (χ0) is 18.8. The topological polar surface area (TPSA) is 87.5 Å². The van der Waals surface area contributed by atoms with E-state index in [4.69, 9.17) is 10.00 Å². The summed E-state index contributed by atoms with van der Waals surface area (Å²) in [6, 6.07) is 14.2. The number of ether oxygens (including phenoxy) is 1. The lowest BCUT2D eigenvalue weighted by molar-refractivity contribution is 0.413. The van der Waals surface area contributed by atoms with E-state index < -0.39 is 5.82 Å². The van der Waals surface area contributed by atoms with Crippen LogP contribution in [0.5, 0.6) is 5.75 Å². The first-order valence-corrected chi connectivity index (χ1v) is 8.21. The van der Waals surface area contributed by atoms with Gasteiger partial charge in [0.25, 0.3) is 0 Å². The van der Waals surface area contributed by atoms with Crippen molar-refractivity contribution in [3.05, 3.63) is 60.0 Å². The summed E-state index contributed by atoms with van der Waals surface area (Å²) in [5.74, 6) is 0.126. The van der Waals surface area contributed by atoms with E-state index in [9.17, 15) is 4.39 Å². The maximum absolute atomic E-state index is 14.4. The summed E-state index contributed by atoms with van der Waals surface area (Å²) in [5, 5.41) is 16.0. The van der Waals surface area contributed by atoms with Gasteiger partial charge in [-0.05, 0) is 17.7 Å². The highest BCUT2D eigenvalue weighted by molar-refractivity contribution is 5.90. The summed E-state index contributed by atoms with van der Waals surface area (Å²) in [7, 11) is 1.48. The molecule has 4 rings (SSSR count). The van der Waals surface area contributed by atoms with Gasteiger partial charge in [-0.25, -0.2) is 14.4 Å². The highest BCUT2D eigenvalue weighted by atomic mass is 19.1. The lowest BCUT2D eigenvalue weighted by Crippen LogP contribution is -1.96. The molecule has 0 aliphatic heterocycles. The lowest BCUT2D eigenvalue weighted by Gasteiger charge is -2.08. The normalized spacial score (nSPS) is 10.7. The summed E-state index contributed by atoms with van der Waals surface area (Å²) < 4.78 is 19.6. The maximum atomic E-state index is 14.4. The molecule has 4 aromatic rings. The largest absolute Gasteiger partial charge is 0.496 e. The Morgan fingerprint density at radius 2 is 2.00 bits per heavy atom. The second kappa shape index (κ2) is 6.84. The third kappa shape index (κ3) is 2.98. The van der Waals surface area contributed by atoms with Crippen LogP contribution in [-0.4, -0.2) is 27.3 Å². The van der Waals surface area contributed by atoms with Crippen LogP contribution in [0, 0.1) is 17.1 Å². The SMILES string of the molecule is COc1cccc(F)c1-c1ncc2[nH]nc(-c3ccc(CC#N)cc3)c2n1. The van der Waals surface area contributed by atoms with Crippen molar-refractivity contribution in [2.75, 3.05) is 7.11 Å². The molecule has 0 bridgehead atoms. The van der Waals surface area contributed by atoms with Crippen molar-refractivity contribution in [2.45, 2.75) is 6.42 Å². The molecule has 7 heteroatoms. The molecule has 0 amide bonds. The van der Waals surface area contributed by atoms with Crippen LogP contribution < -0.4 is 4.74 Å². The third-order valence-corrected chi connectivity index (χ3v) is 4.23. The van der Waals surface area contributed by atoms with Crippen molar-refractivity contribution in [3.63, 3.8) is 0 Å². The molecule has 0 spiro atoms. The summed E-state index contributed by atoms with van der Waals surface area (Å²) in [4.78, 5) is 8.79. The minimum atomic E-state index is -0.459. The number of fused-ring (bicyclic) bond motifs is 1. The number of hydrogen-bond donors (Lipinski definition) is 1. The Hall–Kier alpha value is -3.79. The second-order valence-corrected chi connectivity index (χ2v) is 5.88. The molecule has 0 radical (unpaired) electrons. The molecule has 0 saturated carbocycles. The first-order valence-electron chi connectivity index (χ1n) is 8.21. The van der Waals surface area contributed by atoms with Gasteiger partial charge in [0, 0.05) is 5.56 Å². The Balaban J connectivity index is 1.84. The number of rotatable bonds is 4. The van der Waals surface area contributed by atoms with Gasteiger partial charge in [-0.15, -0.1) is 0 Å². The molecular formula is C20H14FN5O. The fraction of sp³-hybridized carbons (Fsp3) is 0.100. The molecule has 27 heavy (non-hydrogen) atoms. The third-order valence-electron chi connectivity index (χ3n) is 4.23. The van der Waals surface area contributed by atoms with E-state index in [0.29, 0.717) is 28.9 Å². The van der Waals surface area contributed by atoms with Crippen LogP contribution >= 0.6 is 0 Å². The Bertz CT molecular complexity index is 1160. The number of hydrogen-bond acceptors (Lipinski definition) is 5. The molecule has 6 nitrogen and oxygen atoms in total.